The first-order chi connectivity index (χ1) is 14.9. The van der Waals surface area contributed by atoms with Crippen LogP contribution >= 0.6 is 23.2 Å². The van der Waals surface area contributed by atoms with E-state index in [1.807, 2.05) is 0 Å². The molecule has 0 saturated heterocycles. The molecule has 1 heterocycles. The summed E-state index contributed by atoms with van der Waals surface area (Å²) in [4.78, 5) is 49.5. The molecule has 9 heteroatoms. The van der Waals surface area contributed by atoms with Crippen LogP contribution in [0.2, 0.25) is 10.0 Å². The number of nitrogens with one attached hydrogen (secondary N) is 1. The second kappa shape index (κ2) is 10.4. The summed E-state index contributed by atoms with van der Waals surface area (Å²) in [6, 6.07) is 11.4. The summed E-state index contributed by atoms with van der Waals surface area (Å²) < 4.78 is 4.96. The minimum Gasteiger partial charge on any atom is -0.456 e. The highest BCUT2D eigenvalue weighted by molar-refractivity contribution is 6.35. The maximum absolute atomic E-state index is 12.3. The summed E-state index contributed by atoms with van der Waals surface area (Å²) in [6.45, 7) is -0.138. The summed E-state index contributed by atoms with van der Waals surface area (Å²) in [5.41, 5.74) is 1.19. The number of esters is 1. The highest BCUT2D eigenvalue weighted by Crippen LogP contribution is 2.25. The molecule has 0 bridgehead atoms. The second-order valence-electron chi connectivity index (χ2n) is 6.95. The zero-order chi connectivity index (χ0) is 22.4. The number of carbonyl (C=O) groups excluding carboxylic acids is 4. The quantitative estimate of drug-likeness (QED) is 0.340. The van der Waals surface area contributed by atoms with Crippen molar-refractivity contribution >= 4 is 52.6 Å². The van der Waals surface area contributed by atoms with E-state index in [4.69, 9.17) is 27.9 Å². The molecule has 0 radical (unpaired) electrons. The van der Waals surface area contributed by atoms with Crippen molar-refractivity contribution < 1.29 is 23.9 Å². The van der Waals surface area contributed by atoms with Gasteiger partial charge in [-0.1, -0.05) is 41.8 Å². The van der Waals surface area contributed by atoms with Crippen molar-refractivity contribution in [2.24, 2.45) is 0 Å². The number of ether oxygens (including phenoxy) is 1. The molecular formula is C22H20Cl2N2O5. The minimum atomic E-state index is -0.525. The van der Waals surface area contributed by atoms with Crippen LogP contribution in [0, 0.1) is 0 Å². The zero-order valence-corrected chi connectivity index (χ0v) is 18.0. The first kappa shape index (κ1) is 22.8. The summed E-state index contributed by atoms with van der Waals surface area (Å²) in [7, 11) is 0. The van der Waals surface area contributed by atoms with Crippen LogP contribution in [-0.4, -0.2) is 41.7 Å². The zero-order valence-electron chi connectivity index (χ0n) is 16.5. The topological polar surface area (TPSA) is 92.8 Å². The van der Waals surface area contributed by atoms with Gasteiger partial charge in [-0.3, -0.25) is 24.1 Å². The SMILES string of the molecule is O=C(COC(=O)CCCCCN1C(=O)c2ccccc2C1=O)Nc1cc(Cl)ccc1Cl. The van der Waals surface area contributed by atoms with Gasteiger partial charge in [-0.25, -0.2) is 0 Å². The fourth-order valence-corrected chi connectivity index (χ4v) is 3.49. The van der Waals surface area contributed by atoms with Crippen LogP contribution in [0.25, 0.3) is 0 Å². The molecule has 3 amide bonds. The van der Waals surface area contributed by atoms with E-state index < -0.39 is 18.5 Å². The van der Waals surface area contributed by atoms with Crippen molar-refractivity contribution in [1.29, 1.82) is 0 Å². The maximum Gasteiger partial charge on any atom is 0.306 e. The van der Waals surface area contributed by atoms with Gasteiger partial charge in [0.2, 0.25) is 0 Å². The predicted octanol–water partition coefficient (Wildman–Crippen LogP) is 4.33. The molecule has 0 fully saturated rings. The molecular weight excluding hydrogens is 443 g/mol. The van der Waals surface area contributed by atoms with Crippen molar-refractivity contribution in [2.45, 2.75) is 25.7 Å². The molecule has 31 heavy (non-hydrogen) atoms. The average Bonchev–Trinajstić information content (AvgIpc) is 2.99. The smallest absolute Gasteiger partial charge is 0.306 e. The summed E-state index contributed by atoms with van der Waals surface area (Å²) in [5.74, 6) is -1.60. The van der Waals surface area contributed by atoms with Gasteiger partial charge in [0.15, 0.2) is 6.61 Å². The molecule has 0 unspecified atom stereocenters. The molecule has 3 rings (SSSR count). The molecule has 1 aliphatic heterocycles. The van der Waals surface area contributed by atoms with E-state index in [0.717, 1.165) is 0 Å². The molecule has 0 atom stereocenters. The number of unbranched alkanes of at least 4 members (excludes halogenated alkanes) is 2. The van der Waals surface area contributed by atoms with Crippen LogP contribution < -0.4 is 5.32 Å². The molecule has 2 aromatic rings. The first-order valence-corrected chi connectivity index (χ1v) is 10.5. The van der Waals surface area contributed by atoms with Gasteiger partial charge in [0.05, 0.1) is 21.8 Å². The predicted molar refractivity (Wildman–Crippen MR) is 116 cm³/mol. The Balaban J connectivity index is 1.32. The van der Waals surface area contributed by atoms with Crippen molar-refractivity contribution in [3.05, 3.63) is 63.6 Å². The number of anilines is 1. The molecule has 0 spiro atoms. The first-order valence-electron chi connectivity index (χ1n) is 9.72. The summed E-state index contributed by atoms with van der Waals surface area (Å²) in [6.07, 6.45) is 1.86. The van der Waals surface area contributed by atoms with Crippen molar-refractivity contribution in [3.8, 4) is 0 Å². The van der Waals surface area contributed by atoms with Crippen LogP contribution in [0.4, 0.5) is 5.69 Å². The second-order valence-corrected chi connectivity index (χ2v) is 7.79. The molecule has 162 valence electrons. The standard InChI is InChI=1S/C22H20Cl2N2O5/c23-14-9-10-17(24)18(12-14)25-19(27)13-31-20(28)8-2-1-5-11-26-21(29)15-6-3-4-7-16(15)22(26)30/h3-4,6-7,9-10,12H,1-2,5,8,11,13H2,(H,25,27). The van der Waals surface area contributed by atoms with Crippen LogP contribution in [0.5, 0.6) is 0 Å². The Morgan fingerprint density at radius 2 is 1.61 bits per heavy atom. The van der Waals surface area contributed by atoms with E-state index in [0.29, 0.717) is 52.7 Å². The van der Waals surface area contributed by atoms with Crippen molar-refractivity contribution in [3.63, 3.8) is 0 Å². The summed E-state index contributed by atoms with van der Waals surface area (Å²) >= 11 is 11.8. The lowest BCUT2D eigenvalue weighted by Crippen LogP contribution is -2.30. The molecule has 1 aliphatic rings. The number of benzene rings is 2. The van der Waals surface area contributed by atoms with Gasteiger partial charge >= 0.3 is 5.97 Å². The number of imide groups is 1. The third kappa shape index (κ3) is 5.83. The molecule has 0 aliphatic carbocycles. The number of carbonyl (C=O) groups is 4. The molecule has 7 nitrogen and oxygen atoms in total. The van der Waals surface area contributed by atoms with Crippen LogP contribution in [0.1, 0.15) is 46.4 Å². The van der Waals surface area contributed by atoms with E-state index in [1.165, 1.54) is 11.0 Å². The highest BCUT2D eigenvalue weighted by Gasteiger charge is 2.34. The van der Waals surface area contributed by atoms with E-state index >= 15 is 0 Å². The van der Waals surface area contributed by atoms with Gasteiger partial charge in [-0.05, 0) is 43.2 Å². The fraction of sp³-hybridized carbons (Fsp3) is 0.273. The lowest BCUT2D eigenvalue weighted by Gasteiger charge is -2.13. The monoisotopic (exact) mass is 462 g/mol. The summed E-state index contributed by atoms with van der Waals surface area (Å²) in [5, 5.41) is 3.26. The third-order valence-corrected chi connectivity index (χ3v) is 5.27. The number of hydrogen-bond acceptors (Lipinski definition) is 5. The normalized spacial score (nSPS) is 12.6. The van der Waals surface area contributed by atoms with Crippen LogP contribution in [-0.2, 0) is 14.3 Å². The minimum absolute atomic E-state index is 0.132. The number of halogens is 2. The van der Waals surface area contributed by atoms with Gasteiger partial charge < -0.3 is 10.1 Å². The Hall–Kier alpha value is -2.90. The van der Waals surface area contributed by atoms with E-state index in [9.17, 15) is 19.2 Å². The lowest BCUT2D eigenvalue weighted by molar-refractivity contribution is -0.147. The van der Waals surface area contributed by atoms with E-state index in [2.05, 4.69) is 5.32 Å². The molecule has 0 saturated carbocycles. The van der Waals surface area contributed by atoms with Crippen LogP contribution in [0.3, 0.4) is 0 Å². The highest BCUT2D eigenvalue weighted by atomic mass is 35.5. The lowest BCUT2D eigenvalue weighted by atomic mass is 10.1. The van der Waals surface area contributed by atoms with Crippen molar-refractivity contribution in [1.82, 2.24) is 4.90 Å². The largest absolute Gasteiger partial charge is 0.456 e. The van der Waals surface area contributed by atoms with E-state index in [1.54, 1.807) is 36.4 Å². The third-order valence-electron chi connectivity index (χ3n) is 4.71. The van der Waals surface area contributed by atoms with Gasteiger partial charge in [-0.15, -0.1) is 0 Å². The molecule has 2 aromatic carbocycles. The van der Waals surface area contributed by atoms with Gasteiger partial charge in [-0.2, -0.15) is 0 Å². The number of rotatable bonds is 9. The van der Waals surface area contributed by atoms with Gasteiger partial charge in [0, 0.05) is 18.0 Å². The van der Waals surface area contributed by atoms with Crippen molar-refractivity contribution in [2.75, 3.05) is 18.5 Å². The Kier molecular flexibility index (Phi) is 7.65. The Bertz CT molecular complexity index is 990. The van der Waals surface area contributed by atoms with Gasteiger partial charge in [0.1, 0.15) is 0 Å². The molecule has 1 N–H and O–H groups in total. The van der Waals surface area contributed by atoms with Crippen LogP contribution in [0.15, 0.2) is 42.5 Å². The number of hydrogen-bond donors (Lipinski definition) is 1. The van der Waals surface area contributed by atoms with E-state index in [-0.39, 0.29) is 18.2 Å². The Morgan fingerprint density at radius 3 is 2.29 bits per heavy atom. The average molecular weight is 463 g/mol. The maximum atomic E-state index is 12.3. The molecule has 0 aromatic heterocycles. The number of fused-ring (bicyclic) bond motifs is 1. The number of amides is 3. The number of nitrogens with zero attached hydrogens (tertiary/aromatic N) is 1. The Morgan fingerprint density at radius 1 is 0.935 bits per heavy atom. The Labute approximate surface area is 189 Å². The fourth-order valence-electron chi connectivity index (χ4n) is 3.16. The van der Waals surface area contributed by atoms with Gasteiger partial charge in [0.25, 0.3) is 17.7 Å².